The van der Waals surface area contributed by atoms with Crippen LogP contribution in [-0.4, -0.2) is 29.1 Å². The van der Waals surface area contributed by atoms with Gasteiger partial charge in [-0.05, 0) is 43.3 Å². The fourth-order valence-electron chi connectivity index (χ4n) is 1.93. The molecule has 17 heavy (non-hydrogen) atoms. The number of carboxylic acid groups (broad SMARTS) is 1. The summed E-state index contributed by atoms with van der Waals surface area (Å²) in [6.07, 6.45) is 1.13. The van der Waals surface area contributed by atoms with Gasteiger partial charge in [0.25, 0.3) is 0 Å². The molecule has 1 heterocycles. The zero-order valence-corrected chi connectivity index (χ0v) is 11.8. The number of hydrogen-bond donors (Lipinski definition) is 1. The Labute approximate surface area is 107 Å². The lowest BCUT2D eigenvalue weighted by atomic mass is 10.0. The van der Waals surface area contributed by atoms with Crippen LogP contribution >= 0.6 is 11.3 Å². The largest absolute Gasteiger partial charge is 0.477 e. The van der Waals surface area contributed by atoms with Crippen LogP contribution in [0.15, 0.2) is 11.4 Å². The quantitative estimate of drug-likeness (QED) is 0.847. The highest BCUT2D eigenvalue weighted by Crippen LogP contribution is 2.20. The maximum atomic E-state index is 11.0. The minimum Gasteiger partial charge on any atom is -0.477 e. The van der Waals surface area contributed by atoms with Gasteiger partial charge >= 0.3 is 5.97 Å². The Balaban J connectivity index is 2.64. The molecule has 1 unspecified atom stereocenters. The molecule has 0 aliphatic rings. The molecule has 0 amide bonds. The molecule has 4 heteroatoms. The predicted molar refractivity (Wildman–Crippen MR) is 71.7 cm³/mol. The number of nitrogens with zero attached hydrogens (tertiary/aromatic N) is 1. The number of hydrogen-bond acceptors (Lipinski definition) is 3. The lowest BCUT2D eigenvalue weighted by molar-refractivity contribution is 0.0699. The number of thiophene rings is 1. The molecule has 1 atom stereocenters. The molecule has 0 fully saturated rings. The summed E-state index contributed by atoms with van der Waals surface area (Å²) < 4.78 is 0. The highest BCUT2D eigenvalue weighted by atomic mass is 32.1. The van der Waals surface area contributed by atoms with E-state index in [-0.39, 0.29) is 0 Å². The van der Waals surface area contributed by atoms with E-state index in [1.54, 1.807) is 0 Å². The maximum absolute atomic E-state index is 11.0. The third-order valence-electron chi connectivity index (χ3n) is 2.93. The molecule has 0 saturated heterocycles. The van der Waals surface area contributed by atoms with Gasteiger partial charge in [0, 0.05) is 12.6 Å². The lowest BCUT2D eigenvalue weighted by Gasteiger charge is -2.26. The van der Waals surface area contributed by atoms with Gasteiger partial charge in [-0.1, -0.05) is 13.8 Å². The van der Waals surface area contributed by atoms with E-state index in [1.165, 1.54) is 11.3 Å². The first-order valence-corrected chi connectivity index (χ1v) is 6.79. The van der Waals surface area contributed by atoms with Crippen molar-refractivity contribution in [2.24, 2.45) is 5.92 Å². The van der Waals surface area contributed by atoms with Crippen molar-refractivity contribution in [1.29, 1.82) is 0 Å². The van der Waals surface area contributed by atoms with Gasteiger partial charge in [-0.25, -0.2) is 4.79 Å². The molecule has 3 nitrogen and oxygen atoms in total. The van der Waals surface area contributed by atoms with Crippen LogP contribution in [0.4, 0.5) is 0 Å². The van der Waals surface area contributed by atoms with Gasteiger partial charge in [-0.15, -0.1) is 11.3 Å². The van der Waals surface area contributed by atoms with Crippen LogP contribution in [0.25, 0.3) is 0 Å². The average Bonchev–Trinajstić information content (AvgIpc) is 2.64. The third-order valence-corrected chi connectivity index (χ3v) is 3.87. The van der Waals surface area contributed by atoms with Crippen LogP contribution in [0.5, 0.6) is 0 Å². The van der Waals surface area contributed by atoms with Crippen LogP contribution < -0.4 is 0 Å². The summed E-state index contributed by atoms with van der Waals surface area (Å²) in [7, 11) is 2.05. The van der Waals surface area contributed by atoms with Crippen molar-refractivity contribution in [3.63, 3.8) is 0 Å². The minimum absolute atomic E-state index is 0.466. The van der Waals surface area contributed by atoms with Gasteiger partial charge in [0.05, 0.1) is 0 Å². The summed E-state index contributed by atoms with van der Waals surface area (Å²) in [5.74, 6) is -0.159. The normalized spacial score (nSPS) is 13.3. The van der Waals surface area contributed by atoms with Crippen molar-refractivity contribution < 1.29 is 9.90 Å². The monoisotopic (exact) mass is 255 g/mol. The molecular weight excluding hydrogens is 234 g/mol. The highest BCUT2D eigenvalue weighted by Gasteiger charge is 2.16. The Hall–Kier alpha value is -0.870. The van der Waals surface area contributed by atoms with E-state index in [2.05, 4.69) is 32.7 Å². The Morgan fingerprint density at radius 1 is 1.47 bits per heavy atom. The molecule has 0 aliphatic carbocycles. The molecule has 0 bridgehead atoms. The van der Waals surface area contributed by atoms with E-state index in [9.17, 15) is 4.79 Å². The summed E-state index contributed by atoms with van der Waals surface area (Å²) in [5.41, 5.74) is 0.917. The van der Waals surface area contributed by atoms with Crippen LogP contribution in [0.1, 0.15) is 42.4 Å². The molecule has 0 aliphatic heterocycles. The molecule has 0 spiro atoms. The summed E-state index contributed by atoms with van der Waals surface area (Å²) in [6.45, 7) is 7.31. The van der Waals surface area contributed by atoms with Crippen LogP contribution in [0.2, 0.25) is 0 Å². The number of carboxylic acids is 1. The summed E-state index contributed by atoms with van der Waals surface area (Å²) in [4.78, 5) is 13.7. The van der Waals surface area contributed by atoms with E-state index < -0.39 is 5.97 Å². The van der Waals surface area contributed by atoms with Gasteiger partial charge in [0.2, 0.25) is 0 Å². The SMILES string of the molecule is CC(C)CC(C)N(C)Cc1ccsc1C(=O)O. The first-order valence-electron chi connectivity index (χ1n) is 5.91. The predicted octanol–water partition coefficient (Wildman–Crippen LogP) is 3.31. The maximum Gasteiger partial charge on any atom is 0.346 e. The smallest absolute Gasteiger partial charge is 0.346 e. The van der Waals surface area contributed by atoms with Crippen molar-refractivity contribution in [2.75, 3.05) is 7.05 Å². The fourth-order valence-corrected chi connectivity index (χ4v) is 2.69. The van der Waals surface area contributed by atoms with E-state index >= 15 is 0 Å². The topological polar surface area (TPSA) is 40.5 Å². The molecule has 0 saturated carbocycles. The minimum atomic E-state index is -0.820. The summed E-state index contributed by atoms with van der Waals surface area (Å²) in [6, 6.07) is 2.38. The molecule has 1 N–H and O–H groups in total. The standard InChI is InChI=1S/C13H21NO2S/c1-9(2)7-10(3)14(4)8-11-5-6-17-12(11)13(15)16/h5-6,9-10H,7-8H2,1-4H3,(H,15,16). The molecule has 96 valence electrons. The Kier molecular flexibility index (Phi) is 5.15. The van der Waals surface area contributed by atoms with Crippen molar-refractivity contribution in [2.45, 2.75) is 39.8 Å². The number of carbonyl (C=O) groups is 1. The number of rotatable bonds is 6. The zero-order valence-electron chi connectivity index (χ0n) is 10.9. The first kappa shape index (κ1) is 14.2. The van der Waals surface area contributed by atoms with Gasteiger partial charge in [0.1, 0.15) is 4.88 Å². The van der Waals surface area contributed by atoms with E-state index in [0.29, 0.717) is 23.4 Å². The highest BCUT2D eigenvalue weighted by molar-refractivity contribution is 7.12. The van der Waals surface area contributed by atoms with Crippen LogP contribution in [-0.2, 0) is 6.54 Å². The first-order chi connectivity index (χ1) is 7.91. The van der Waals surface area contributed by atoms with Crippen molar-refractivity contribution in [3.8, 4) is 0 Å². The lowest BCUT2D eigenvalue weighted by Crippen LogP contribution is -2.30. The van der Waals surface area contributed by atoms with Gasteiger partial charge in [0.15, 0.2) is 0 Å². The second-order valence-electron chi connectivity index (χ2n) is 4.97. The van der Waals surface area contributed by atoms with Crippen molar-refractivity contribution >= 4 is 17.3 Å². The van der Waals surface area contributed by atoms with E-state index in [1.807, 2.05) is 11.4 Å². The van der Waals surface area contributed by atoms with Crippen LogP contribution in [0.3, 0.4) is 0 Å². The van der Waals surface area contributed by atoms with Crippen molar-refractivity contribution in [3.05, 3.63) is 21.9 Å². The Morgan fingerprint density at radius 2 is 2.12 bits per heavy atom. The van der Waals surface area contributed by atoms with Gasteiger partial charge < -0.3 is 5.11 Å². The second kappa shape index (κ2) is 6.17. The third kappa shape index (κ3) is 4.13. The Bertz CT molecular complexity index is 373. The average molecular weight is 255 g/mol. The molecule has 0 radical (unpaired) electrons. The number of aromatic carboxylic acids is 1. The molecule has 1 aromatic heterocycles. The van der Waals surface area contributed by atoms with Gasteiger partial charge in [-0.3, -0.25) is 4.90 Å². The van der Waals surface area contributed by atoms with Crippen molar-refractivity contribution in [1.82, 2.24) is 4.90 Å². The second-order valence-corrected chi connectivity index (χ2v) is 5.89. The summed E-state index contributed by atoms with van der Waals surface area (Å²) >= 11 is 1.30. The van der Waals surface area contributed by atoms with E-state index in [4.69, 9.17) is 5.11 Å². The molecular formula is C13H21NO2S. The zero-order chi connectivity index (χ0) is 13.0. The molecule has 1 rings (SSSR count). The molecule has 0 aromatic carbocycles. The van der Waals surface area contributed by atoms with Crippen LogP contribution in [0, 0.1) is 5.92 Å². The summed E-state index contributed by atoms with van der Waals surface area (Å²) in [5, 5.41) is 10.9. The Morgan fingerprint density at radius 3 is 2.65 bits per heavy atom. The molecule has 1 aromatic rings. The fraction of sp³-hybridized carbons (Fsp3) is 0.615. The van der Waals surface area contributed by atoms with Gasteiger partial charge in [-0.2, -0.15) is 0 Å². The van der Waals surface area contributed by atoms with E-state index in [0.717, 1.165) is 12.0 Å².